The molecule has 1 heterocycles. The molecule has 1 aromatic heterocycles. The molecule has 130 valence electrons. The van der Waals surface area contributed by atoms with E-state index in [4.69, 9.17) is 0 Å². The summed E-state index contributed by atoms with van der Waals surface area (Å²) in [5, 5.41) is 3.82. The Kier molecular flexibility index (Phi) is 4.76. The first-order valence-corrected chi connectivity index (χ1v) is 8.58. The van der Waals surface area contributed by atoms with Gasteiger partial charge in [-0.2, -0.15) is 18.2 Å². The van der Waals surface area contributed by atoms with Gasteiger partial charge < -0.3 is 4.57 Å². The number of rotatable bonds is 3. The number of amides is 1. The third kappa shape index (κ3) is 3.66. The van der Waals surface area contributed by atoms with Gasteiger partial charge in [0, 0.05) is 11.1 Å². The van der Waals surface area contributed by atoms with Crippen LogP contribution in [-0.2, 0) is 17.8 Å². The fourth-order valence-electron chi connectivity index (χ4n) is 2.65. The lowest BCUT2D eigenvalue weighted by Crippen LogP contribution is -2.26. The Hall–Kier alpha value is -2.41. The number of thiazole rings is 1. The van der Waals surface area contributed by atoms with E-state index in [1.165, 1.54) is 0 Å². The summed E-state index contributed by atoms with van der Waals surface area (Å²) in [5.74, 6) is -2.08. The van der Waals surface area contributed by atoms with Gasteiger partial charge in [-0.1, -0.05) is 49.4 Å². The number of alkyl halides is 3. The molecule has 0 saturated heterocycles. The van der Waals surface area contributed by atoms with E-state index < -0.39 is 12.1 Å². The Morgan fingerprint density at radius 1 is 1.16 bits per heavy atom. The molecule has 0 unspecified atom stereocenters. The number of benzene rings is 2. The SMILES string of the molecule is CCc1csc(=NC(=O)C(F)(F)F)n1Cc1cccc2ccccc12. The number of aromatic nitrogens is 1. The smallest absolute Gasteiger partial charge is 0.316 e. The maximum absolute atomic E-state index is 12.5. The molecule has 7 heteroatoms. The topological polar surface area (TPSA) is 34.4 Å². The lowest BCUT2D eigenvalue weighted by molar-refractivity contribution is -0.169. The highest BCUT2D eigenvalue weighted by atomic mass is 32.1. The first-order valence-electron chi connectivity index (χ1n) is 7.70. The minimum absolute atomic E-state index is 0.0621. The molecule has 0 aliphatic rings. The van der Waals surface area contributed by atoms with Gasteiger partial charge in [0.25, 0.3) is 0 Å². The van der Waals surface area contributed by atoms with Gasteiger partial charge >= 0.3 is 12.1 Å². The third-order valence-electron chi connectivity index (χ3n) is 3.89. The molecule has 0 bridgehead atoms. The minimum Gasteiger partial charge on any atom is -0.316 e. The van der Waals surface area contributed by atoms with Crippen LogP contribution < -0.4 is 4.80 Å². The second-order valence-corrected chi connectivity index (χ2v) is 6.34. The largest absolute Gasteiger partial charge is 0.473 e. The second-order valence-electron chi connectivity index (χ2n) is 5.50. The van der Waals surface area contributed by atoms with Crippen molar-refractivity contribution >= 4 is 28.0 Å². The Bertz CT molecular complexity index is 980. The molecule has 2 aromatic carbocycles. The molecule has 0 atom stereocenters. The summed E-state index contributed by atoms with van der Waals surface area (Å²) in [7, 11) is 0. The monoisotopic (exact) mass is 364 g/mol. The molecule has 0 aliphatic heterocycles. The highest BCUT2D eigenvalue weighted by Crippen LogP contribution is 2.20. The van der Waals surface area contributed by atoms with Crippen LogP contribution in [0.4, 0.5) is 13.2 Å². The summed E-state index contributed by atoms with van der Waals surface area (Å²) in [4.78, 5) is 14.6. The number of nitrogens with zero attached hydrogens (tertiary/aromatic N) is 2. The minimum atomic E-state index is -4.96. The predicted octanol–water partition coefficient (Wildman–Crippen LogP) is 4.30. The van der Waals surface area contributed by atoms with E-state index in [1.807, 2.05) is 49.4 Å². The van der Waals surface area contributed by atoms with E-state index in [9.17, 15) is 18.0 Å². The first-order chi connectivity index (χ1) is 11.9. The van der Waals surface area contributed by atoms with Crippen LogP contribution in [0.2, 0.25) is 0 Å². The van der Waals surface area contributed by atoms with Gasteiger partial charge in [0.2, 0.25) is 0 Å². The van der Waals surface area contributed by atoms with E-state index in [1.54, 1.807) is 9.95 Å². The van der Waals surface area contributed by atoms with Gasteiger partial charge in [0.1, 0.15) is 0 Å². The maximum atomic E-state index is 12.5. The Morgan fingerprint density at radius 3 is 2.60 bits per heavy atom. The highest BCUT2D eigenvalue weighted by Gasteiger charge is 2.38. The maximum Gasteiger partial charge on any atom is 0.473 e. The quantitative estimate of drug-likeness (QED) is 0.682. The average molecular weight is 364 g/mol. The summed E-state index contributed by atoms with van der Waals surface area (Å²) >= 11 is 1.05. The molecule has 0 N–H and O–H groups in total. The van der Waals surface area contributed by atoms with Crippen molar-refractivity contribution in [1.82, 2.24) is 4.57 Å². The fraction of sp³-hybridized carbons (Fsp3) is 0.222. The van der Waals surface area contributed by atoms with Crippen molar-refractivity contribution in [2.24, 2.45) is 4.99 Å². The molecule has 0 saturated carbocycles. The van der Waals surface area contributed by atoms with Crippen LogP contribution in [0.15, 0.2) is 52.8 Å². The number of hydrogen-bond acceptors (Lipinski definition) is 2. The molecule has 3 aromatic rings. The van der Waals surface area contributed by atoms with Crippen molar-refractivity contribution in [3.8, 4) is 0 Å². The van der Waals surface area contributed by atoms with E-state index in [2.05, 4.69) is 4.99 Å². The normalized spacial score (nSPS) is 12.7. The van der Waals surface area contributed by atoms with Crippen LogP contribution >= 0.6 is 11.3 Å². The van der Waals surface area contributed by atoms with Crippen molar-refractivity contribution in [2.45, 2.75) is 26.1 Å². The van der Waals surface area contributed by atoms with Gasteiger partial charge in [-0.15, -0.1) is 11.3 Å². The lowest BCUT2D eigenvalue weighted by atomic mass is 10.0. The molecule has 1 amide bonds. The molecule has 0 spiro atoms. The number of halogens is 3. The summed E-state index contributed by atoms with van der Waals surface area (Å²) in [5.41, 5.74) is 1.80. The standard InChI is InChI=1S/C18H15F3N2OS/c1-2-14-11-25-17(22-16(24)18(19,20)21)23(14)10-13-8-5-7-12-6-3-4-9-15(12)13/h3-9,11H,2,10H2,1H3. The van der Waals surface area contributed by atoms with E-state index in [0.29, 0.717) is 13.0 Å². The predicted molar refractivity (Wildman–Crippen MR) is 91.4 cm³/mol. The van der Waals surface area contributed by atoms with Crippen molar-refractivity contribution < 1.29 is 18.0 Å². The number of aryl methyl sites for hydroxylation is 1. The number of hydrogen-bond donors (Lipinski definition) is 0. The van der Waals surface area contributed by atoms with Gasteiger partial charge in [-0.25, -0.2) is 0 Å². The van der Waals surface area contributed by atoms with Crippen LogP contribution in [-0.4, -0.2) is 16.7 Å². The zero-order valence-corrected chi connectivity index (χ0v) is 14.2. The molecule has 3 rings (SSSR count). The summed E-state index contributed by atoms with van der Waals surface area (Å²) < 4.78 is 39.3. The molecule has 0 fully saturated rings. The number of carbonyl (C=O) groups excluding carboxylic acids is 1. The fourth-order valence-corrected chi connectivity index (χ4v) is 3.63. The summed E-state index contributed by atoms with van der Waals surface area (Å²) in [6.07, 6.45) is -4.33. The van der Waals surface area contributed by atoms with Crippen molar-refractivity contribution in [3.63, 3.8) is 0 Å². The number of fused-ring (bicyclic) bond motifs is 1. The van der Waals surface area contributed by atoms with Crippen molar-refractivity contribution in [1.29, 1.82) is 0 Å². The molecule has 0 radical (unpaired) electrons. The second kappa shape index (κ2) is 6.84. The highest BCUT2D eigenvalue weighted by molar-refractivity contribution is 7.07. The molecule has 0 aliphatic carbocycles. The Labute approximate surface area is 146 Å². The van der Waals surface area contributed by atoms with Crippen LogP contribution in [0.1, 0.15) is 18.2 Å². The van der Waals surface area contributed by atoms with Gasteiger partial charge in [-0.3, -0.25) is 4.79 Å². The molecule has 25 heavy (non-hydrogen) atoms. The van der Waals surface area contributed by atoms with Crippen LogP contribution in [0.3, 0.4) is 0 Å². The number of carbonyl (C=O) groups is 1. The van der Waals surface area contributed by atoms with Gasteiger partial charge in [0.15, 0.2) is 4.80 Å². The summed E-state index contributed by atoms with van der Waals surface area (Å²) in [6, 6.07) is 13.6. The Balaban J connectivity index is 2.09. The van der Waals surface area contributed by atoms with Crippen LogP contribution in [0.25, 0.3) is 10.8 Å². The molecular weight excluding hydrogens is 349 g/mol. The van der Waals surface area contributed by atoms with Gasteiger partial charge in [0.05, 0.1) is 6.54 Å². The van der Waals surface area contributed by atoms with Crippen LogP contribution in [0, 0.1) is 0 Å². The van der Waals surface area contributed by atoms with Gasteiger partial charge in [-0.05, 0) is 22.8 Å². The molecule has 3 nitrogen and oxygen atoms in total. The van der Waals surface area contributed by atoms with E-state index in [-0.39, 0.29) is 4.80 Å². The zero-order chi connectivity index (χ0) is 18.0. The van der Waals surface area contributed by atoms with Crippen molar-refractivity contribution in [2.75, 3.05) is 0 Å². The van der Waals surface area contributed by atoms with E-state index >= 15 is 0 Å². The third-order valence-corrected chi connectivity index (χ3v) is 4.80. The van der Waals surface area contributed by atoms with E-state index in [0.717, 1.165) is 33.4 Å². The lowest BCUT2D eigenvalue weighted by Gasteiger charge is -2.11. The molecular formula is C18H15F3N2OS. The average Bonchev–Trinajstić information content (AvgIpc) is 2.96. The van der Waals surface area contributed by atoms with Crippen LogP contribution in [0.5, 0.6) is 0 Å². The first kappa shape index (κ1) is 17.4. The summed E-state index contributed by atoms with van der Waals surface area (Å²) in [6.45, 7) is 2.27. The Morgan fingerprint density at radius 2 is 1.88 bits per heavy atom. The van der Waals surface area contributed by atoms with Crippen molar-refractivity contribution in [3.05, 3.63) is 63.9 Å². The zero-order valence-electron chi connectivity index (χ0n) is 13.4.